The first-order valence-corrected chi connectivity index (χ1v) is 6.03. The van der Waals surface area contributed by atoms with E-state index < -0.39 is 0 Å². The normalized spacial score (nSPS) is 10.1. The fourth-order valence-electron chi connectivity index (χ4n) is 1.82. The summed E-state index contributed by atoms with van der Waals surface area (Å²) in [6.45, 7) is 2.45. The smallest absolute Gasteiger partial charge is 0.182 e. The summed E-state index contributed by atoms with van der Waals surface area (Å²) in [4.78, 5) is 14.0. The van der Waals surface area contributed by atoms with Gasteiger partial charge < -0.3 is 4.90 Å². The summed E-state index contributed by atoms with van der Waals surface area (Å²) < 4.78 is 0. The van der Waals surface area contributed by atoms with Gasteiger partial charge in [-0.2, -0.15) is 0 Å². The monoisotopic (exact) mass is 239 g/mol. The summed E-state index contributed by atoms with van der Waals surface area (Å²) in [6.07, 6.45) is 0. The Morgan fingerprint density at radius 2 is 1.61 bits per heavy atom. The summed E-state index contributed by atoms with van der Waals surface area (Å²) in [5.74, 6) is 0.138. The molecular weight excluding hydrogens is 222 g/mol. The van der Waals surface area contributed by atoms with Crippen LogP contribution in [0.2, 0.25) is 0 Å². The van der Waals surface area contributed by atoms with Crippen molar-refractivity contribution in [2.45, 2.75) is 6.92 Å². The van der Waals surface area contributed by atoms with E-state index in [1.807, 2.05) is 54.4 Å². The van der Waals surface area contributed by atoms with Crippen LogP contribution in [-0.4, -0.2) is 19.4 Å². The molecule has 92 valence electrons. The number of nitrogens with zero attached hydrogens (tertiary/aromatic N) is 1. The first-order valence-electron chi connectivity index (χ1n) is 6.03. The van der Waals surface area contributed by atoms with Crippen LogP contribution in [0.15, 0.2) is 54.6 Å². The highest BCUT2D eigenvalue weighted by molar-refractivity contribution is 5.99. The molecule has 2 heteroatoms. The van der Waals surface area contributed by atoms with Crippen molar-refractivity contribution in [2.24, 2.45) is 0 Å². The fraction of sp³-hybridized carbons (Fsp3) is 0.188. The van der Waals surface area contributed by atoms with Gasteiger partial charge in [-0.25, -0.2) is 0 Å². The van der Waals surface area contributed by atoms with Crippen LogP contribution in [0.25, 0.3) is 0 Å². The third kappa shape index (κ3) is 2.98. The Kier molecular flexibility index (Phi) is 3.78. The molecule has 0 aromatic heterocycles. The van der Waals surface area contributed by atoms with Gasteiger partial charge in [0.05, 0.1) is 6.54 Å². The van der Waals surface area contributed by atoms with Crippen LogP contribution in [0.5, 0.6) is 0 Å². The number of hydrogen-bond donors (Lipinski definition) is 0. The number of carbonyl (C=O) groups excluding carboxylic acids is 1. The Morgan fingerprint density at radius 3 is 2.22 bits per heavy atom. The van der Waals surface area contributed by atoms with Gasteiger partial charge >= 0.3 is 0 Å². The van der Waals surface area contributed by atoms with E-state index in [0.717, 1.165) is 11.3 Å². The van der Waals surface area contributed by atoms with Gasteiger partial charge in [0, 0.05) is 18.3 Å². The average Bonchev–Trinajstić information content (AvgIpc) is 2.40. The van der Waals surface area contributed by atoms with Crippen molar-refractivity contribution < 1.29 is 4.79 Å². The van der Waals surface area contributed by atoms with Gasteiger partial charge in [0.25, 0.3) is 0 Å². The molecule has 0 amide bonds. The molecule has 2 nitrogen and oxygen atoms in total. The Morgan fingerprint density at radius 1 is 1.00 bits per heavy atom. The van der Waals surface area contributed by atoms with E-state index in [0.29, 0.717) is 6.54 Å². The third-order valence-corrected chi connectivity index (χ3v) is 2.95. The molecule has 2 aromatic rings. The highest BCUT2D eigenvalue weighted by atomic mass is 16.1. The standard InChI is InChI=1S/C16H17NO/c1-13-8-10-15(11-9-13)17(2)12-16(18)14-6-4-3-5-7-14/h3-11H,12H2,1-2H3. The van der Waals surface area contributed by atoms with Crippen LogP contribution >= 0.6 is 0 Å². The quantitative estimate of drug-likeness (QED) is 0.763. The minimum absolute atomic E-state index is 0.138. The van der Waals surface area contributed by atoms with E-state index in [-0.39, 0.29) is 5.78 Å². The maximum absolute atomic E-state index is 12.1. The van der Waals surface area contributed by atoms with E-state index >= 15 is 0 Å². The average molecular weight is 239 g/mol. The molecule has 0 bridgehead atoms. The van der Waals surface area contributed by atoms with E-state index in [2.05, 4.69) is 19.1 Å². The maximum Gasteiger partial charge on any atom is 0.182 e. The summed E-state index contributed by atoms with van der Waals surface area (Å²) >= 11 is 0. The molecule has 0 aliphatic carbocycles. The Hall–Kier alpha value is -2.09. The predicted molar refractivity (Wildman–Crippen MR) is 75.2 cm³/mol. The van der Waals surface area contributed by atoms with E-state index in [1.54, 1.807) is 0 Å². The molecule has 0 heterocycles. The molecule has 0 saturated carbocycles. The number of likely N-dealkylation sites (N-methyl/N-ethyl adjacent to an activating group) is 1. The maximum atomic E-state index is 12.1. The summed E-state index contributed by atoms with van der Waals surface area (Å²) in [5, 5.41) is 0. The lowest BCUT2D eigenvalue weighted by Gasteiger charge is -2.18. The molecule has 18 heavy (non-hydrogen) atoms. The molecule has 0 radical (unpaired) electrons. The number of benzene rings is 2. The van der Waals surface area contributed by atoms with Crippen molar-refractivity contribution in [1.82, 2.24) is 0 Å². The van der Waals surface area contributed by atoms with Gasteiger partial charge in [0.1, 0.15) is 0 Å². The van der Waals surface area contributed by atoms with Crippen molar-refractivity contribution >= 4 is 11.5 Å². The Balaban J connectivity index is 2.06. The van der Waals surface area contributed by atoms with Crippen molar-refractivity contribution in [3.05, 3.63) is 65.7 Å². The van der Waals surface area contributed by atoms with Crippen molar-refractivity contribution in [2.75, 3.05) is 18.5 Å². The lowest BCUT2D eigenvalue weighted by molar-refractivity contribution is 0.100. The molecule has 2 rings (SSSR count). The zero-order chi connectivity index (χ0) is 13.0. The SMILES string of the molecule is Cc1ccc(N(C)CC(=O)c2ccccc2)cc1. The van der Waals surface area contributed by atoms with Crippen LogP contribution in [0.4, 0.5) is 5.69 Å². The Labute approximate surface area is 108 Å². The molecule has 0 aliphatic rings. The largest absolute Gasteiger partial charge is 0.367 e. The number of carbonyl (C=O) groups is 1. The lowest BCUT2D eigenvalue weighted by Crippen LogP contribution is -2.25. The number of aryl methyl sites for hydroxylation is 1. The molecule has 0 saturated heterocycles. The van der Waals surface area contributed by atoms with E-state index in [1.165, 1.54) is 5.56 Å². The zero-order valence-corrected chi connectivity index (χ0v) is 10.8. The number of hydrogen-bond acceptors (Lipinski definition) is 2. The topological polar surface area (TPSA) is 20.3 Å². The van der Waals surface area contributed by atoms with Gasteiger partial charge in [0.15, 0.2) is 5.78 Å². The van der Waals surface area contributed by atoms with Gasteiger partial charge in [-0.05, 0) is 19.1 Å². The summed E-state index contributed by atoms with van der Waals surface area (Å²) in [7, 11) is 1.94. The van der Waals surface area contributed by atoms with Crippen LogP contribution in [0.3, 0.4) is 0 Å². The number of rotatable bonds is 4. The molecule has 0 N–H and O–H groups in total. The Bertz CT molecular complexity index is 517. The zero-order valence-electron chi connectivity index (χ0n) is 10.8. The van der Waals surface area contributed by atoms with Crippen molar-refractivity contribution in [3.63, 3.8) is 0 Å². The van der Waals surface area contributed by atoms with Crippen LogP contribution < -0.4 is 4.90 Å². The van der Waals surface area contributed by atoms with E-state index in [9.17, 15) is 4.79 Å². The minimum Gasteiger partial charge on any atom is -0.367 e. The molecule has 0 spiro atoms. The van der Waals surface area contributed by atoms with Crippen molar-refractivity contribution in [3.8, 4) is 0 Å². The second-order valence-electron chi connectivity index (χ2n) is 4.48. The van der Waals surface area contributed by atoms with Crippen LogP contribution in [-0.2, 0) is 0 Å². The lowest BCUT2D eigenvalue weighted by atomic mass is 10.1. The summed E-state index contributed by atoms with van der Waals surface area (Å²) in [6, 6.07) is 17.6. The fourth-order valence-corrected chi connectivity index (χ4v) is 1.82. The first kappa shape index (κ1) is 12.4. The van der Waals surface area contributed by atoms with Gasteiger partial charge in [-0.15, -0.1) is 0 Å². The molecular formula is C16H17NO. The number of Topliss-reactive ketones (excluding diaryl/α,β-unsaturated/α-hetero) is 1. The van der Waals surface area contributed by atoms with Crippen molar-refractivity contribution in [1.29, 1.82) is 0 Å². The van der Waals surface area contributed by atoms with Gasteiger partial charge in [-0.3, -0.25) is 4.79 Å². The molecule has 0 fully saturated rings. The highest BCUT2D eigenvalue weighted by Gasteiger charge is 2.09. The van der Waals surface area contributed by atoms with Gasteiger partial charge in [0.2, 0.25) is 0 Å². The minimum atomic E-state index is 0.138. The van der Waals surface area contributed by atoms with Gasteiger partial charge in [-0.1, -0.05) is 48.0 Å². The predicted octanol–water partition coefficient (Wildman–Crippen LogP) is 3.31. The third-order valence-electron chi connectivity index (χ3n) is 2.95. The molecule has 0 atom stereocenters. The van der Waals surface area contributed by atoms with E-state index in [4.69, 9.17) is 0 Å². The first-order chi connectivity index (χ1) is 8.66. The van der Waals surface area contributed by atoms with Crippen LogP contribution in [0.1, 0.15) is 15.9 Å². The second kappa shape index (κ2) is 5.50. The molecule has 2 aromatic carbocycles. The molecule has 0 unspecified atom stereocenters. The van der Waals surface area contributed by atoms with Crippen LogP contribution in [0, 0.1) is 6.92 Å². The molecule has 0 aliphatic heterocycles. The summed E-state index contributed by atoms with van der Waals surface area (Å²) in [5.41, 5.74) is 3.04. The number of ketones is 1. The second-order valence-corrected chi connectivity index (χ2v) is 4.48. The highest BCUT2D eigenvalue weighted by Crippen LogP contribution is 2.14. The number of anilines is 1.